The van der Waals surface area contributed by atoms with Crippen LogP contribution in [0.3, 0.4) is 0 Å². The number of hydrogen-bond acceptors (Lipinski definition) is 4. The zero-order chi connectivity index (χ0) is 25.6. The van der Waals surface area contributed by atoms with Gasteiger partial charge in [-0.2, -0.15) is 13.2 Å². The summed E-state index contributed by atoms with van der Waals surface area (Å²) in [6.07, 6.45) is -2.25. The Hall–Kier alpha value is -3.31. The third-order valence-electron chi connectivity index (χ3n) is 5.08. The second-order valence-corrected chi connectivity index (χ2v) is 7.71. The molecule has 2 heterocycles. The number of nitrogens with one attached hydrogen (secondary N) is 2. The Morgan fingerprint density at radius 3 is 2.41 bits per heavy atom. The number of rotatable bonds is 8. The molecule has 186 valence electrons. The highest BCUT2D eigenvalue weighted by molar-refractivity contribution is 6.02. The van der Waals surface area contributed by atoms with Gasteiger partial charge in [0.2, 0.25) is 0 Å². The second-order valence-electron chi connectivity index (χ2n) is 7.71. The Labute approximate surface area is 193 Å². The summed E-state index contributed by atoms with van der Waals surface area (Å²) >= 11 is 0. The van der Waals surface area contributed by atoms with Gasteiger partial charge in [0.15, 0.2) is 11.6 Å². The van der Waals surface area contributed by atoms with E-state index in [9.17, 15) is 31.5 Å². The van der Waals surface area contributed by atoms with Crippen LogP contribution in [0.25, 0.3) is 0 Å². The highest BCUT2D eigenvalue weighted by Crippen LogP contribution is 2.26. The van der Waals surface area contributed by atoms with Crippen molar-refractivity contribution >= 4 is 23.6 Å². The van der Waals surface area contributed by atoms with Crippen LogP contribution in [-0.4, -0.2) is 40.2 Å². The maximum absolute atomic E-state index is 14.1. The smallest absolute Gasteiger partial charge is 0.339 e. The molecule has 3 amide bonds. The molecule has 1 unspecified atom stereocenters. The molecule has 0 saturated heterocycles. The minimum absolute atomic E-state index is 0.0210. The maximum Gasteiger partial charge on any atom is 0.408 e. The highest BCUT2D eigenvalue weighted by atomic mass is 19.4. The molecule has 0 fully saturated rings. The van der Waals surface area contributed by atoms with Crippen molar-refractivity contribution in [3.63, 3.8) is 0 Å². The Balaban J connectivity index is 2.46. The van der Waals surface area contributed by atoms with Gasteiger partial charge in [0, 0.05) is 12.1 Å². The van der Waals surface area contributed by atoms with Crippen LogP contribution in [0.15, 0.2) is 24.4 Å². The van der Waals surface area contributed by atoms with E-state index in [1.165, 1.54) is 17.0 Å². The molecule has 0 aliphatic heterocycles. The number of carbonyl (C=O) groups excluding carboxylic acids is 2. The van der Waals surface area contributed by atoms with E-state index >= 15 is 0 Å². The van der Waals surface area contributed by atoms with Crippen molar-refractivity contribution in [1.82, 2.24) is 15.3 Å². The van der Waals surface area contributed by atoms with Crippen molar-refractivity contribution in [2.75, 3.05) is 10.2 Å². The van der Waals surface area contributed by atoms with Gasteiger partial charge in [0.1, 0.15) is 23.4 Å². The summed E-state index contributed by atoms with van der Waals surface area (Å²) in [4.78, 5) is 34.5. The first-order valence-electron chi connectivity index (χ1n) is 10.6. The molecular formula is C22H26F5N5O2. The fourth-order valence-electron chi connectivity index (χ4n) is 3.19. The number of nitrogens with zero attached hydrogens (tertiary/aromatic N) is 3. The quantitative estimate of drug-likeness (QED) is 0.491. The van der Waals surface area contributed by atoms with Crippen LogP contribution in [0.5, 0.6) is 0 Å². The first-order valence-corrected chi connectivity index (χ1v) is 10.6. The van der Waals surface area contributed by atoms with E-state index in [0.29, 0.717) is 30.9 Å². The summed E-state index contributed by atoms with van der Waals surface area (Å²) < 4.78 is 65.8. The molecule has 0 radical (unpaired) electrons. The summed E-state index contributed by atoms with van der Waals surface area (Å²) in [6, 6.07) is -0.128. The van der Waals surface area contributed by atoms with E-state index in [2.05, 4.69) is 15.3 Å². The molecule has 2 aromatic heterocycles. The molecular weight excluding hydrogens is 461 g/mol. The van der Waals surface area contributed by atoms with Crippen LogP contribution in [0.2, 0.25) is 0 Å². The number of hydrogen-bond donors (Lipinski definition) is 2. The van der Waals surface area contributed by atoms with Crippen LogP contribution in [0.4, 0.5) is 38.4 Å². The van der Waals surface area contributed by atoms with Crippen LogP contribution in [0, 0.1) is 18.6 Å². The van der Waals surface area contributed by atoms with Crippen LogP contribution < -0.4 is 15.5 Å². The van der Waals surface area contributed by atoms with Gasteiger partial charge in [-0.1, -0.05) is 26.3 Å². The lowest BCUT2D eigenvalue weighted by Gasteiger charge is -2.31. The number of amides is 3. The third-order valence-corrected chi connectivity index (χ3v) is 5.08. The molecule has 0 aromatic carbocycles. The summed E-state index contributed by atoms with van der Waals surface area (Å²) in [5.74, 6) is -3.56. The number of carbonyl (C=O) groups is 2. The lowest BCUT2D eigenvalue weighted by molar-refractivity contribution is -0.149. The average molecular weight is 487 g/mol. The molecule has 12 heteroatoms. The van der Waals surface area contributed by atoms with E-state index in [0.717, 1.165) is 13.1 Å². The monoisotopic (exact) mass is 487 g/mol. The summed E-state index contributed by atoms with van der Waals surface area (Å²) in [5, 5.41) is 4.11. The van der Waals surface area contributed by atoms with Gasteiger partial charge in [-0.15, -0.1) is 0 Å². The summed E-state index contributed by atoms with van der Waals surface area (Å²) in [6.45, 7) is 6.11. The maximum atomic E-state index is 14.1. The van der Waals surface area contributed by atoms with Crippen molar-refractivity contribution in [2.45, 2.75) is 65.2 Å². The molecule has 0 bridgehead atoms. The average Bonchev–Trinajstić information content (AvgIpc) is 2.75. The van der Waals surface area contributed by atoms with Crippen molar-refractivity contribution in [3.8, 4) is 0 Å². The van der Waals surface area contributed by atoms with E-state index in [4.69, 9.17) is 0 Å². The lowest BCUT2D eigenvalue weighted by atomic mass is 10.1. The van der Waals surface area contributed by atoms with Gasteiger partial charge in [-0.05, 0) is 38.3 Å². The number of halogens is 5. The van der Waals surface area contributed by atoms with Crippen LogP contribution >= 0.6 is 0 Å². The second kappa shape index (κ2) is 11.2. The van der Waals surface area contributed by atoms with Gasteiger partial charge in [0.25, 0.3) is 5.91 Å². The largest absolute Gasteiger partial charge is 0.408 e. The molecule has 7 nitrogen and oxygen atoms in total. The predicted octanol–water partition coefficient (Wildman–Crippen LogP) is 5.36. The summed E-state index contributed by atoms with van der Waals surface area (Å²) in [5.41, 5.74) is 0.129. The molecule has 2 rings (SSSR count). The van der Waals surface area contributed by atoms with Crippen molar-refractivity contribution in [1.29, 1.82) is 0 Å². The normalized spacial score (nSPS) is 13.2. The van der Waals surface area contributed by atoms with Gasteiger partial charge < -0.3 is 5.32 Å². The van der Waals surface area contributed by atoms with E-state index in [-0.39, 0.29) is 11.5 Å². The van der Waals surface area contributed by atoms with E-state index < -0.39 is 47.7 Å². The highest BCUT2D eigenvalue weighted by Gasteiger charge is 2.37. The van der Waals surface area contributed by atoms with Crippen LogP contribution in [-0.2, 0) is 0 Å². The van der Waals surface area contributed by atoms with Crippen molar-refractivity contribution in [2.24, 2.45) is 0 Å². The predicted molar refractivity (Wildman–Crippen MR) is 117 cm³/mol. The molecule has 0 aliphatic rings. The zero-order valence-corrected chi connectivity index (χ0v) is 19.1. The Morgan fingerprint density at radius 1 is 1.18 bits per heavy atom. The minimum Gasteiger partial charge on any atom is -0.339 e. The fourth-order valence-corrected chi connectivity index (χ4v) is 3.19. The van der Waals surface area contributed by atoms with E-state index in [1.807, 2.05) is 19.2 Å². The Bertz CT molecular complexity index is 1030. The zero-order valence-electron chi connectivity index (χ0n) is 19.1. The first kappa shape index (κ1) is 26.9. The minimum atomic E-state index is -4.64. The standard InChI is InChI=1S/C22H26F5N5O2/c1-5-7-15(6-2)32(21(34)31-18-16(24)10-14(23)11-28-18)19-12(3)8-9-17(30-19)20(33)29-13(4)22(25,26)27/h8-11,13,15H,5-7H2,1-4H3,(H,29,33)(H,28,31,34)/t13-,15?/m1/s1. The molecule has 34 heavy (non-hydrogen) atoms. The molecule has 0 aliphatic carbocycles. The van der Waals surface area contributed by atoms with Crippen molar-refractivity contribution in [3.05, 3.63) is 47.3 Å². The fraction of sp³-hybridized carbons (Fsp3) is 0.455. The molecule has 2 aromatic rings. The van der Waals surface area contributed by atoms with Gasteiger partial charge in [-0.3, -0.25) is 15.0 Å². The SMILES string of the molecule is CCCC(CC)N(C(=O)Nc1ncc(F)cc1F)c1nc(C(=O)N[C@H](C)C(F)(F)F)ccc1C. The number of urea groups is 1. The molecule has 0 spiro atoms. The molecule has 2 N–H and O–H groups in total. The number of pyridine rings is 2. The Morgan fingerprint density at radius 2 is 1.85 bits per heavy atom. The molecule has 0 saturated carbocycles. The van der Waals surface area contributed by atoms with E-state index in [1.54, 1.807) is 6.92 Å². The topological polar surface area (TPSA) is 87.2 Å². The molecule has 2 atom stereocenters. The number of anilines is 2. The van der Waals surface area contributed by atoms with Crippen LogP contribution in [0.1, 0.15) is 56.1 Å². The first-order chi connectivity index (χ1) is 15.9. The number of aromatic nitrogens is 2. The third kappa shape index (κ3) is 6.61. The van der Waals surface area contributed by atoms with Gasteiger partial charge in [0.05, 0.1) is 6.20 Å². The van der Waals surface area contributed by atoms with Gasteiger partial charge >= 0.3 is 12.2 Å². The number of alkyl halides is 3. The number of aryl methyl sites for hydroxylation is 1. The van der Waals surface area contributed by atoms with Gasteiger partial charge in [-0.25, -0.2) is 23.5 Å². The Kier molecular flexibility index (Phi) is 8.88. The van der Waals surface area contributed by atoms with Crippen molar-refractivity contribution < 1.29 is 31.5 Å². The summed E-state index contributed by atoms with van der Waals surface area (Å²) in [7, 11) is 0. The lowest BCUT2D eigenvalue weighted by Crippen LogP contribution is -2.45.